The molecular formula is C16H13BrN2O2. The minimum atomic E-state index is 0.509. The molecule has 2 aromatic heterocycles. The minimum absolute atomic E-state index is 0.509. The van der Waals surface area contributed by atoms with Crippen molar-refractivity contribution in [2.45, 2.75) is 6.92 Å². The molecule has 2 heterocycles. The van der Waals surface area contributed by atoms with Crippen molar-refractivity contribution in [2.75, 3.05) is 7.11 Å². The number of halogens is 1. The number of carbonyl (C=O) groups is 1. The largest absolute Gasteiger partial charge is 0.496 e. The van der Waals surface area contributed by atoms with E-state index < -0.39 is 0 Å². The van der Waals surface area contributed by atoms with E-state index in [1.165, 1.54) is 0 Å². The zero-order chi connectivity index (χ0) is 15.0. The fourth-order valence-corrected chi connectivity index (χ4v) is 2.69. The summed E-state index contributed by atoms with van der Waals surface area (Å²) >= 11 is 3.41. The van der Waals surface area contributed by atoms with Gasteiger partial charge in [-0.1, -0.05) is 11.6 Å². The average molecular weight is 345 g/mol. The number of methoxy groups -OCH3 is 1. The molecule has 0 amide bonds. The second-order valence-electron chi connectivity index (χ2n) is 4.74. The lowest BCUT2D eigenvalue weighted by atomic mass is 10.1. The number of ether oxygens (including phenoxy) is 1. The number of aryl methyl sites for hydroxylation is 1. The molecule has 0 spiro atoms. The highest BCUT2D eigenvalue weighted by molar-refractivity contribution is 9.10. The molecule has 0 atom stereocenters. The van der Waals surface area contributed by atoms with E-state index in [-0.39, 0.29) is 0 Å². The summed E-state index contributed by atoms with van der Waals surface area (Å²) in [6.45, 7) is 2.00. The average Bonchev–Trinajstić information content (AvgIpc) is 2.84. The predicted molar refractivity (Wildman–Crippen MR) is 85.0 cm³/mol. The fourth-order valence-electron chi connectivity index (χ4n) is 2.35. The summed E-state index contributed by atoms with van der Waals surface area (Å²) in [5.74, 6) is 0.700. The first kappa shape index (κ1) is 13.8. The highest BCUT2D eigenvalue weighted by Crippen LogP contribution is 2.33. The molecule has 5 heteroatoms. The minimum Gasteiger partial charge on any atom is -0.496 e. The Morgan fingerprint density at radius 3 is 2.81 bits per heavy atom. The van der Waals surface area contributed by atoms with Gasteiger partial charge in [0.25, 0.3) is 0 Å². The van der Waals surface area contributed by atoms with Crippen LogP contribution < -0.4 is 4.74 Å². The van der Waals surface area contributed by atoms with E-state index in [4.69, 9.17) is 4.74 Å². The zero-order valence-corrected chi connectivity index (χ0v) is 13.2. The normalized spacial score (nSPS) is 10.8. The number of hydrogen-bond donors (Lipinski definition) is 0. The van der Waals surface area contributed by atoms with Crippen molar-refractivity contribution < 1.29 is 9.53 Å². The fraction of sp³-hybridized carbons (Fsp3) is 0.125. The van der Waals surface area contributed by atoms with Crippen LogP contribution in [0.25, 0.3) is 16.9 Å². The van der Waals surface area contributed by atoms with Crippen LogP contribution in [0.3, 0.4) is 0 Å². The monoisotopic (exact) mass is 344 g/mol. The number of rotatable bonds is 3. The highest BCUT2D eigenvalue weighted by atomic mass is 79.9. The van der Waals surface area contributed by atoms with E-state index in [2.05, 4.69) is 20.9 Å². The van der Waals surface area contributed by atoms with Gasteiger partial charge in [0.2, 0.25) is 0 Å². The lowest BCUT2D eigenvalue weighted by Gasteiger charge is -2.08. The van der Waals surface area contributed by atoms with Crippen LogP contribution in [-0.2, 0) is 0 Å². The molecule has 0 saturated carbocycles. The molecule has 3 aromatic rings. The van der Waals surface area contributed by atoms with Gasteiger partial charge < -0.3 is 4.74 Å². The lowest BCUT2D eigenvalue weighted by Crippen LogP contribution is -1.94. The maximum atomic E-state index is 11.6. The molecule has 4 nitrogen and oxygen atoms in total. The number of aldehydes is 1. The first-order valence-corrected chi connectivity index (χ1v) is 7.21. The summed E-state index contributed by atoms with van der Waals surface area (Å²) in [7, 11) is 1.61. The van der Waals surface area contributed by atoms with Gasteiger partial charge >= 0.3 is 0 Å². The van der Waals surface area contributed by atoms with Crippen molar-refractivity contribution in [3.8, 4) is 17.0 Å². The molecule has 106 valence electrons. The number of imidazole rings is 1. The van der Waals surface area contributed by atoms with E-state index in [1.54, 1.807) is 11.5 Å². The SMILES string of the molecule is COc1ccc(C)cc1-c1nc2ccc(Br)cn2c1C=O. The Balaban J connectivity index is 2.35. The number of pyridine rings is 1. The van der Waals surface area contributed by atoms with Gasteiger partial charge in [0.15, 0.2) is 6.29 Å². The van der Waals surface area contributed by atoms with E-state index in [9.17, 15) is 4.79 Å². The first-order valence-electron chi connectivity index (χ1n) is 6.42. The second kappa shape index (κ2) is 5.33. The van der Waals surface area contributed by atoms with Gasteiger partial charge in [-0.05, 0) is 47.1 Å². The number of fused-ring (bicyclic) bond motifs is 1. The summed E-state index contributed by atoms with van der Waals surface area (Å²) in [4.78, 5) is 16.1. The van der Waals surface area contributed by atoms with Gasteiger partial charge in [0.05, 0.1) is 7.11 Å². The van der Waals surface area contributed by atoms with Crippen LogP contribution >= 0.6 is 15.9 Å². The van der Waals surface area contributed by atoms with E-state index in [0.29, 0.717) is 17.1 Å². The maximum Gasteiger partial charge on any atom is 0.169 e. The molecule has 21 heavy (non-hydrogen) atoms. The van der Waals surface area contributed by atoms with Crippen molar-refractivity contribution in [1.29, 1.82) is 0 Å². The Bertz CT molecular complexity index is 840. The predicted octanol–water partition coefficient (Wildman–Crippen LogP) is 3.89. The third-order valence-corrected chi connectivity index (χ3v) is 3.81. The van der Waals surface area contributed by atoms with Crippen LogP contribution in [0.4, 0.5) is 0 Å². The molecule has 0 unspecified atom stereocenters. The van der Waals surface area contributed by atoms with Crippen LogP contribution in [0.15, 0.2) is 41.0 Å². The number of carbonyl (C=O) groups excluding carboxylic acids is 1. The third kappa shape index (κ3) is 2.34. The Morgan fingerprint density at radius 2 is 2.10 bits per heavy atom. The number of hydrogen-bond acceptors (Lipinski definition) is 3. The van der Waals surface area contributed by atoms with Crippen LogP contribution in [0.2, 0.25) is 0 Å². The third-order valence-electron chi connectivity index (χ3n) is 3.34. The van der Waals surface area contributed by atoms with Gasteiger partial charge in [0, 0.05) is 16.2 Å². The van der Waals surface area contributed by atoms with Gasteiger partial charge in [0.1, 0.15) is 22.8 Å². The van der Waals surface area contributed by atoms with Gasteiger partial charge in [-0.2, -0.15) is 0 Å². The molecule has 0 bridgehead atoms. The number of aromatic nitrogens is 2. The molecule has 0 saturated heterocycles. The topological polar surface area (TPSA) is 43.6 Å². The lowest BCUT2D eigenvalue weighted by molar-refractivity contribution is 0.111. The Labute approximate surface area is 130 Å². The van der Waals surface area contributed by atoms with E-state index in [0.717, 1.165) is 27.5 Å². The first-order chi connectivity index (χ1) is 10.1. The van der Waals surface area contributed by atoms with Crippen LogP contribution in [0, 0.1) is 6.92 Å². The summed E-state index contributed by atoms with van der Waals surface area (Å²) in [6, 6.07) is 9.59. The summed E-state index contributed by atoms with van der Waals surface area (Å²) < 4.78 is 8.06. The number of benzene rings is 1. The maximum absolute atomic E-state index is 11.6. The Morgan fingerprint density at radius 1 is 1.29 bits per heavy atom. The summed E-state index contributed by atoms with van der Waals surface area (Å²) in [5, 5.41) is 0. The Hall–Kier alpha value is -2.14. The number of nitrogens with zero attached hydrogens (tertiary/aromatic N) is 2. The van der Waals surface area contributed by atoms with Crippen molar-refractivity contribution in [2.24, 2.45) is 0 Å². The van der Waals surface area contributed by atoms with E-state index in [1.807, 2.05) is 43.5 Å². The molecule has 0 fully saturated rings. The van der Waals surface area contributed by atoms with Gasteiger partial charge in [-0.25, -0.2) is 4.98 Å². The van der Waals surface area contributed by atoms with Crippen molar-refractivity contribution >= 4 is 27.9 Å². The van der Waals surface area contributed by atoms with E-state index >= 15 is 0 Å². The quantitative estimate of drug-likeness (QED) is 0.677. The molecule has 0 aliphatic carbocycles. The van der Waals surface area contributed by atoms with Crippen LogP contribution in [0.1, 0.15) is 16.1 Å². The molecular weight excluding hydrogens is 332 g/mol. The summed E-state index contributed by atoms with van der Waals surface area (Å²) in [6.07, 6.45) is 2.65. The van der Waals surface area contributed by atoms with Gasteiger partial charge in [-0.15, -0.1) is 0 Å². The van der Waals surface area contributed by atoms with Crippen molar-refractivity contribution in [1.82, 2.24) is 9.38 Å². The van der Waals surface area contributed by atoms with Crippen molar-refractivity contribution in [3.63, 3.8) is 0 Å². The summed E-state index contributed by atoms with van der Waals surface area (Å²) in [5.41, 5.74) is 3.76. The van der Waals surface area contributed by atoms with Crippen molar-refractivity contribution in [3.05, 3.63) is 52.3 Å². The molecule has 0 aliphatic rings. The molecule has 0 N–H and O–H groups in total. The van der Waals surface area contributed by atoms with Crippen LogP contribution in [-0.4, -0.2) is 22.8 Å². The second-order valence-corrected chi connectivity index (χ2v) is 5.66. The molecule has 0 aliphatic heterocycles. The molecule has 0 radical (unpaired) electrons. The highest BCUT2D eigenvalue weighted by Gasteiger charge is 2.17. The molecule has 1 aromatic carbocycles. The van der Waals surface area contributed by atoms with Crippen LogP contribution in [0.5, 0.6) is 5.75 Å². The smallest absolute Gasteiger partial charge is 0.169 e. The molecule has 3 rings (SSSR count). The Kier molecular flexibility index (Phi) is 3.51. The standard InChI is InChI=1S/C16H13BrN2O2/c1-10-3-5-14(21-2)12(7-10)16-13(9-20)19-8-11(17)4-6-15(19)18-16/h3-9H,1-2H3. The zero-order valence-electron chi connectivity index (χ0n) is 11.6. The van der Waals surface area contributed by atoms with Gasteiger partial charge in [-0.3, -0.25) is 9.20 Å².